The molecule has 0 aliphatic rings. The van der Waals surface area contributed by atoms with Crippen LogP contribution in [-0.4, -0.2) is 35.4 Å². The van der Waals surface area contributed by atoms with Crippen LogP contribution in [0.4, 0.5) is 0 Å². The van der Waals surface area contributed by atoms with E-state index in [1.54, 1.807) is 13.0 Å². The van der Waals surface area contributed by atoms with Crippen molar-refractivity contribution in [2.45, 2.75) is 33.2 Å². The molecule has 0 aliphatic carbocycles. The smallest absolute Gasteiger partial charge is 0.330 e. The average Bonchev–Trinajstić information content (AvgIpc) is 2.15. The number of aliphatic carboxylic acids is 1. The van der Waals surface area contributed by atoms with Crippen molar-refractivity contribution in [2.75, 3.05) is 13.2 Å². The Morgan fingerprint density at radius 1 is 1.47 bits per heavy atom. The Balaban J connectivity index is 3.91. The van der Waals surface area contributed by atoms with Crippen LogP contribution in [-0.2, 0) is 4.79 Å². The van der Waals surface area contributed by atoms with Crippen molar-refractivity contribution in [1.29, 1.82) is 0 Å². The summed E-state index contributed by atoms with van der Waals surface area (Å²) in [4.78, 5) is 10.5. The van der Waals surface area contributed by atoms with Gasteiger partial charge in [0.25, 0.3) is 0 Å². The van der Waals surface area contributed by atoms with E-state index in [-0.39, 0.29) is 12.6 Å². The molecule has 15 heavy (non-hydrogen) atoms. The summed E-state index contributed by atoms with van der Waals surface area (Å²) in [6.07, 6.45) is 2.50. The number of carboxylic acids is 1. The van der Waals surface area contributed by atoms with Crippen LogP contribution < -0.4 is 5.32 Å². The first-order chi connectivity index (χ1) is 6.97. The van der Waals surface area contributed by atoms with Crippen molar-refractivity contribution in [1.82, 2.24) is 5.32 Å². The normalized spacial score (nSPS) is 14.3. The van der Waals surface area contributed by atoms with E-state index < -0.39 is 5.97 Å². The average molecular weight is 215 g/mol. The summed E-state index contributed by atoms with van der Waals surface area (Å²) in [5.74, 6) is -0.389. The molecule has 0 spiro atoms. The molecule has 0 saturated heterocycles. The Bertz CT molecular complexity index is 224. The van der Waals surface area contributed by atoms with Crippen LogP contribution >= 0.6 is 0 Å². The number of aliphatic hydroxyl groups excluding tert-OH is 1. The third-order valence-corrected chi connectivity index (χ3v) is 2.13. The molecule has 0 aliphatic heterocycles. The molecular formula is C11H21NO3. The highest BCUT2D eigenvalue weighted by Gasteiger charge is 2.08. The molecule has 88 valence electrons. The largest absolute Gasteiger partial charge is 0.478 e. The van der Waals surface area contributed by atoms with Crippen molar-refractivity contribution in [3.05, 3.63) is 11.6 Å². The number of aliphatic hydroxyl groups is 1. The lowest BCUT2D eigenvalue weighted by atomic mass is 10.0. The molecule has 1 unspecified atom stereocenters. The lowest BCUT2D eigenvalue weighted by molar-refractivity contribution is -0.132. The number of nitrogens with one attached hydrogen (secondary N) is 1. The lowest BCUT2D eigenvalue weighted by Crippen LogP contribution is -2.34. The first kappa shape index (κ1) is 14.1. The van der Waals surface area contributed by atoms with Gasteiger partial charge in [0, 0.05) is 18.2 Å². The number of rotatable bonds is 7. The Kier molecular flexibility index (Phi) is 6.99. The molecule has 4 heteroatoms. The van der Waals surface area contributed by atoms with Gasteiger partial charge in [0.05, 0.1) is 6.61 Å². The minimum absolute atomic E-state index is 0.0443. The number of carbonyl (C=O) groups is 1. The van der Waals surface area contributed by atoms with Crippen LogP contribution in [0.3, 0.4) is 0 Å². The Labute approximate surface area is 91.0 Å². The molecule has 0 saturated carbocycles. The summed E-state index contributed by atoms with van der Waals surface area (Å²) in [6.45, 7) is 6.29. The summed E-state index contributed by atoms with van der Waals surface area (Å²) in [6, 6.07) is 0.0443. The van der Waals surface area contributed by atoms with E-state index in [0.717, 1.165) is 6.42 Å². The molecule has 0 fully saturated rings. The van der Waals surface area contributed by atoms with Gasteiger partial charge < -0.3 is 15.5 Å². The van der Waals surface area contributed by atoms with Crippen molar-refractivity contribution < 1.29 is 15.0 Å². The Hall–Kier alpha value is -0.870. The molecule has 0 aromatic heterocycles. The molecule has 3 N–H and O–H groups in total. The van der Waals surface area contributed by atoms with E-state index in [4.69, 9.17) is 10.2 Å². The van der Waals surface area contributed by atoms with Gasteiger partial charge in [-0.3, -0.25) is 0 Å². The second-order valence-corrected chi connectivity index (χ2v) is 4.11. The summed E-state index contributed by atoms with van der Waals surface area (Å²) in [5.41, 5.74) is 0.323. The monoisotopic (exact) mass is 215 g/mol. The van der Waals surface area contributed by atoms with E-state index in [1.165, 1.54) is 0 Å². The molecule has 0 rings (SSSR count). The van der Waals surface area contributed by atoms with Gasteiger partial charge in [-0.15, -0.1) is 0 Å². The molecule has 4 nitrogen and oxygen atoms in total. The zero-order valence-corrected chi connectivity index (χ0v) is 9.66. The predicted octanol–water partition coefficient (Wildman–Crippen LogP) is 1.01. The molecule has 0 aromatic carbocycles. The Morgan fingerprint density at radius 2 is 2.07 bits per heavy atom. The third-order valence-electron chi connectivity index (χ3n) is 2.13. The van der Waals surface area contributed by atoms with Crippen molar-refractivity contribution in [3.63, 3.8) is 0 Å². The number of hydrogen-bond donors (Lipinski definition) is 3. The Morgan fingerprint density at radius 3 is 2.47 bits per heavy atom. The second kappa shape index (κ2) is 7.43. The standard InChI is InChI=1S/C11H21NO3/c1-8(2)6-10(7-13)12-5-4-9(3)11(14)15/h4,8,10,12-13H,5-7H2,1-3H3,(H,14,15)/b9-4-. The van der Waals surface area contributed by atoms with Crippen LogP contribution in [0.5, 0.6) is 0 Å². The van der Waals surface area contributed by atoms with Gasteiger partial charge in [-0.1, -0.05) is 19.9 Å². The van der Waals surface area contributed by atoms with E-state index in [0.29, 0.717) is 18.0 Å². The fourth-order valence-corrected chi connectivity index (χ4v) is 1.26. The van der Waals surface area contributed by atoms with Crippen LogP contribution in [0.2, 0.25) is 0 Å². The van der Waals surface area contributed by atoms with Gasteiger partial charge in [0.15, 0.2) is 0 Å². The van der Waals surface area contributed by atoms with Gasteiger partial charge in [0.2, 0.25) is 0 Å². The van der Waals surface area contributed by atoms with Crippen molar-refractivity contribution in [2.24, 2.45) is 5.92 Å². The number of carboxylic acid groups (broad SMARTS) is 1. The highest BCUT2D eigenvalue weighted by molar-refractivity contribution is 5.85. The maximum absolute atomic E-state index is 10.5. The summed E-state index contributed by atoms with van der Waals surface area (Å²) < 4.78 is 0. The molecule has 0 heterocycles. The van der Waals surface area contributed by atoms with Crippen LogP contribution in [0.25, 0.3) is 0 Å². The fourth-order valence-electron chi connectivity index (χ4n) is 1.26. The van der Waals surface area contributed by atoms with Gasteiger partial charge in [-0.05, 0) is 19.3 Å². The van der Waals surface area contributed by atoms with Crippen molar-refractivity contribution >= 4 is 5.97 Å². The molecule has 0 radical (unpaired) electrons. The molecule has 0 aromatic rings. The minimum Gasteiger partial charge on any atom is -0.478 e. The minimum atomic E-state index is -0.902. The van der Waals surface area contributed by atoms with E-state index >= 15 is 0 Å². The highest BCUT2D eigenvalue weighted by Crippen LogP contribution is 2.03. The van der Waals surface area contributed by atoms with E-state index in [1.807, 2.05) is 0 Å². The first-order valence-electron chi connectivity index (χ1n) is 5.21. The van der Waals surface area contributed by atoms with E-state index in [2.05, 4.69) is 19.2 Å². The molecule has 0 bridgehead atoms. The second-order valence-electron chi connectivity index (χ2n) is 4.11. The zero-order chi connectivity index (χ0) is 11.8. The maximum atomic E-state index is 10.5. The summed E-state index contributed by atoms with van der Waals surface area (Å²) >= 11 is 0. The maximum Gasteiger partial charge on any atom is 0.330 e. The van der Waals surface area contributed by atoms with Crippen LogP contribution in [0.15, 0.2) is 11.6 Å². The number of hydrogen-bond acceptors (Lipinski definition) is 3. The van der Waals surface area contributed by atoms with Crippen molar-refractivity contribution in [3.8, 4) is 0 Å². The predicted molar refractivity (Wildman–Crippen MR) is 59.7 cm³/mol. The van der Waals surface area contributed by atoms with E-state index in [9.17, 15) is 4.79 Å². The summed E-state index contributed by atoms with van der Waals surface area (Å²) in [5, 5.41) is 20.8. The SMILES string of the molecule is C/C(=C/CNC(CO)CC(C)C)C(=O)O. The summed E-state index contributed by atoms with van der Waals surface area (Å²) in [7, 11) is 0. The van der Waals surface area contributed by atoms with Gasteiger partial charge in [0.1, 0.15) is 0 Å². The van der Waals surface area contributed by atoms with Gasteiger partial charge in [-0.25, -0.2) is 4.79 Å². The van der Waals surface area contributed by atoms with Gasteiger partial charge >= 0.3 is 5.97 Å². The highest BCUT2D eigenvalue weighted by atomic mass is 16.4. The van der Waals surface area contributed by atoms with Gasteiger partial charge in [-0.2, -0.15) is 0 Å². The fraction of sp³-hybridized carbons (Fsp3) is 0.727. The molecular weight excluding hydrogens is 194 g/mol. The quantitative estimate of drug-likeness (QED) is 0.554. The first-order valence-corrected chi connectivity index (χ1v) is 5.21. The van der Waals surface area contributed by atoms with Crippen LogP contribution in [0, 0.1) is 5.92 Å². The van der Waals surface area contributed by atoms with Crippen LogP contribution in [0.1, 0.15) is 27.2 Å². The lowest BCUT2D eigenvalue weighted by Gasteiger charge is -2.17. The third kappa shape index (κ3) is 7.11. The zero-order valence-electron chi connectivity index (χ0n) is 9.66. The topological polar surface area (TPSA) is 69.6 Å². The molecule has 0 amide bonds. The molecule has 1 atom stereocenters.